The van der Waals surface area contributed by atoms with Gasteiger partial charge in [-0.15, -0.1) is 9.46 Å². The van der Waals surface area contributed by atoms with E-state index in [1.807, 2.05) is 38.0 Å². The summed E-state index contributed by atoms with van der Waals surface area (Å²) in [5, 5.41) is 10.2. The van der Waals surface area contributed by atoms with E-state index in [1.54, 1.807) is 12.3 Å². The highest BCUT2D eigenvalue weighted by atomic mass is 35.5. The van der Waals surface area contributed by atoms with Gasteiger partial charge in [-0.1, -0.05) is 23.2 Å². The summed E-state index contributed by atoms with van der Waals surface area (Å²) < 4.78 is 54.6. The van der Waals surface area contributed by atoms with E-state index < -0.39 is 40.5 Å². The number of pyridine rings is 2. The largest absolute Gasteiger partial charge is 0.419 e. The molecule has 7 aromatic rings. The number of primary amides is 1. The van der Waals surface area contributed by atoms with Crippen LogP contribution in [0.25, 0.3) is 44.3 Å². The van der Waals surface area contributed by atoms with Gasteiger partial charge in [0.1, 0.15) is 20.0 Å². The van der Waals surface area contributed by atoms with Crippen LogP contribution in [0.4, 0.5) is 35.1 Å². The molecule has 18 nitrogen and oxygen atoms in total. The van der Waals surface area contributed by atoms with E-state index in [1.165, 1.54) is 62.9 Å². The Kier molecular flexibility index (Phi) is 16.0. The van der Waals surface area contributed by atoms with Gasteiger partial charge in [0.05, 0.1) is 16.7 Å². The second-order valence-electron chi connectivity index (χ2n) is 15.5. The smallest absolute Gasteiger partial charge is 0.412 e. The molecule has 24 heteroatoms. The van der Waals surface area contributed by atoms with Crippen molar-refractivity contribution in [3.63, 3.8) is 0 Å². The molecule has 0 saturated heterocycles. The number of hydrogen-bond donors (Lipinski definition) is 4. The van der Waals surface area contributed by atoms with Gasteiger partial charge in [-0.25, -0.2) is 14.4 Å². The third-order valence-corrected chi connectivity index (χ3v) is 10.7. The lowest BCUT2D eigenvalue weighted by atomic mass is 10.0. The third-order valence-electron chi connectivity index (χ3n) is 10.0. The highest BCUT2D eigenvalue weighted by Gasteiger charge is 2.34. The van der Waals surface area contributed by atoms with Crippen molar-refractivity contribution in [3.8, 4) is 22.3 Å². The number of aromatic nitrogens is 6. The maximum Gasteiger partial charge on any atom is 0.419 e. The summed E-state index contributed by atoms with van der Waals surface area (Å²) in [6.45, 7) is 2.74. The number of anilines is 3. The lowest BCUT2D eigenvalue weighted by molar-refractivity contribution is -0.140. The SMILES string of the molecule is COn1c(=O)c(-c2cc(C(N)=O)ccc2Cl)cc2cnc(NCCN(C)C)nc21.COn1c(=O)c(-c2cc(NC(=O)c3ccc(C(F)(F)F)c(F)c3)ccc2Cl)cc2cnc(NCCN(C)C)nc21. The van der Waals surface area contributed by atoms with Crippen LogP contribution in [-0.2, 0) is 6.18 Å². The standard InChI is InChI=1S/C26H23ClF4N6O3.C19H21ClN6O3/c1-36(2)9-8-32-25-33-13-15-10-18(24(39)37(40-3)22(15)35-25)17-12-16(5-7-20(17)27)34-23(38)14-4-6-19(21(28)11-14)26(29,30)31;1-25(2)7-6-22-19-23-10-12-9-14(18(28)26(29-3)17(12)24-19)13-8-11(16(21)27)4-5-15(13)20/h4-7,10-13H,8-9H2,1-3H3,(H,34,38)(H,32,33,35);4-5,8-10H,6-7H2,1-3H3,(H2,21,27)(H,22,23,24). The first-order valence-electron chi connectivity index (χ1n) is 20.5. The van der Waals surface area contributed by atoms with Crippen LogP contribution < -0.4 is 42.5 Å². The number of amides is 2. The zero-order valence-electron chi connectivity index (χ0n) is 37.7. The molecule has 5 N–H and O–H groups in total. The summed E-state index contributed by atoms with van der Waals surface area (Å²) in [6.07, 6.45) is -1.80. The minimum Gasteiger partial charge on any atom is -0.412 e. The quantitative estimate of drug-likeness (QED) is 0.0895. The fourth-order valence-electron chi connectivity index (χ4n) is 6.60. The average molecular weight is 996 g/mol. The number of likely N-dealkylation sites (N-methyl/N-ethyl adjacent to an activating group) is 2. The van der Waals surface area contributed by atoms with Gasteiger partial charge >= 0.3 is 6.18 Å². The number of nitrogens with two attached hydrogens (primary N) is 1. The molecule has 3 aromatic carbocycles. The van der Waals surface area contributed by atoms with Gasteiger partial charge in [-0.05, 0) is 94.9 Å². The predicted octanol–water partition coefficient (Wildman–Crippen LogP) is 5.80. The first-order valence-corrected chi connectivity index (χ1v) is 21.3. The summed E-state index contributed by atoms with van der Waals surface area (Å²) in [7, 11) is 10.4. The maximum atomic E-state index is 14.0. The number of carbonyl (C=O) groups excluding carboxylic acids is 2. The first kappa shape index (κ1) is 51.0. The highest BCUT2D eigenvalue weighted by molar-refractivity contribution is 6.34. The van der Waals surface area contributed by atoms with Crippen LogP contribution >= 0.6 is 23.2 Å². The van der Waals surface area contributed by atoms with Crippen molar-refractivity contribution in [1.82, 2.24) is 39.2 Å². The summed E-state index contributed by atoms with van der Waals surface area (Å²) in [5.74, 6) is -2.38. The molecule has 69 heavy (non-hydrogen) atoms. The fraction of sp³-hybridized carbons (Fsp3) is 0.244. The Hall–Kier alpha value is -7.40. The molecule has 0 fully saturated rings. The van der Waals surface area contributed by atoms with Crippen molar-refractivity contribution >= 4 is 74.7 Å². The molecular weight excluding hydrogens is 951 g/mol. The number of rotatable bonds is 15. The number of hydrogen-bond acceptors (Lipinski definition) is 14. The molecule has 0 aliphatic rings. The van der Waals surface area contributed by atoms with E-state index in [0.717, 1.165) is 28.6 Å². The second-order valence-corrected chi connectivity index (χ2v) is 16.3. The van der Waals surface area contributed by atoms with Gasteiger partial charge in [-0.2, -0.15) is 23.1 Å². The van der Waals surface area contributed by atoms with Crippen LogP contribution in [0.3, 0.4) is 0 Å². The predicted molar refractivity (Wildman–Crippen MR) is 255 cm³/mol. The Morgan fingerprint density at radius 1 is 0.696 bits per heavy atom. The van der Waals surface area contributed by atoms with E-state index in [2.05, 4.69) is 35.9 Å². The van der Waals surface area contributed by atoms with Crippen LogP contribution in [0, 0.1) is 5.82 Å². The van der Waals surface area contributed by atoms with Crippen molar-refractivity contribution in [2.24, 2.45) is 5.73 Å². The Balaban J connectivity index is 0.000000239. The topological polar surface area (TPSA) is 217 Å². The molecular formula is C45H44Cl2F4N12O6. The van der Waals surface area contributed by atoms with Gasteiger partial charge in [0.25, 0.3) is 17.0 Å². The van der Waals surface area contributed by atoms with Gasteiger partial charge in [0, 0.05) is 87.3 Å². The van der Waals surface area contributed by atoms with Crippen molar-refractivity contribution in [3.05, 3.63) is 132 Å². The lowest BCUT2D eigenvalue weighted by Gasteiger charge is -2.14. The van der Waals surface area contributed by atoms with Gasteiger partial charge in [-0.3, -0.25) is 19.2 Å². The van der Waals surface area contributed by atoms with Crippen LogP contribution in [-0.4, -0.2) is 120 Å². The van der Waals surface area contributed by atoms with Crippen molar-refractivity contribution < 1.29 is 36.8 Å². The zero-order valence-corrected chi connectivity index (χ0v) is 39.2. The first-order chi connectivity index (χ1) is 32.7. The molecule has 0 atom stereocenters. The Labute approximate surface area is 400 Å². The number of nitrogens with zero attached hydrogens (tertiary/aromatic N) is 8. The van der Waals surface area contributed by atoms with Crippen LogP contribution in [0.1, 0.15) is 26.3 Å². The number of benzene rings is 3. The van der Waals surface area contributed by atoms with Gasteiger partial charge < -0.3 is 41.2 Å². The molecule has 0 saturated carbocycles. The summed E-state index contributed by atoms with van der Waals surface area (Å²) in [6, 6.07) is 13.7. The van der Waals surface area contributed by atoms with Crippen molar-refractivity contribution in [2.45, 2.75) is 6.18 Å². The van der Waals surface area contributed by atoms with Crippen LogP contribution in [0.5, 0.6) is 0 Å². The van der Waals surface area contributed by atoms with E-state index in [0.29, 0.717) is 64.1 Å². The number of nitrogens with one attached hydrogen (secondary N) is 3. The molecule has 0 bridgehead atoms. The fourth-order valence-corrected chi connectivity index (χ4v) is 7.04. The van der Waals surface area contributed by atoms with Crippen molar-refractivity contribution in [2.75, 3.05) is 84.5 Å². The minimum atomic E-state index is -4.89. The molecule has 0 radical (unpaired) electrons. The van der Waals surface area contributed by atoms with Crippen LogP contribution in [0.15, 0.2) is 88.7 Å². The third kappa shape index (κ3) is 12.0. The molecule has 4 heterocycles. The molecule has 0 spiro atoms. The average Bonchev–Trinajstić information content (AvgIpc) is 3.29. The van der Waals surface area contributed by atoms with E-state index in [-0.39, 0.29) is 44.2 Å². The Morgan fingerprint density at radius 3 is 1.62 bits per heavy atom. The van der Waals surface area contributed by atoms with Crippen LogP contribution in [0.2, 0.25) is 10.0 Å². The van der Waals surface area contributed by atoms with Gasteiger partial charge in [0.2, 0.25) is 17.8 Å². The molecule has 7 rings (SSSR count). The summed E-state index contributed by atoms with van der Waals surface area (Å²) in [5.41, 5.74) is 4.33. The zero-order chi connectivity index (χ0) is 50.3. The Morgan fingerprint density at radius 2 is 1.17 bits per heavy atom. The van der Waals surface area contributed by atoms with E-state index in [4.69, 9.17) is 38.6 Å². The highest BCUT2D eigenvalue weighted by Crippen LogP contribution is 2.33. The maximum absolute atomic E-state index is 14.0. The Bertz CT molecular complexity index is 3190. The second kappa shape index (κ2) is 21.7. The minimum absolute atomic E-state index is 0.105. The number of halogens is 6. The summed E-state index contributed by atoms with van der Waals surface area (Å²) in [4.78, 5) is 82.5. The summed E-state index contributed by atoms with van der Waals surface area (Å²) >= 11 is 12.7. The molecule has 0 aliphatic carbocycles. The number of alkyl halides is 3. The monoisotopic (exact) mass is 994 g/mol. The lowest BCUT2D eigenvalue weighted by Crippen LogP contribution is -2.28. The van der Waals surface area contributed by atoms with E-state index >= 15 is 0 Å². The van der Waals surface area contributed by atoms with Gasteiger partial charge in [0.15, 0.2) is 11.3 Å². The number of carbonyl (C=O) groups is 2. The normalized spacial score (nSPS) is 11.4. The molecule has 362 valence electrons. The molecule has 0 aliphatic heterocycles. The molecule has 0 unspecified atom stereocenters. The van der Waals surface area contributed by atoms with E-state index in [9.17, 15) is 36.7 Å². The van der Waals surface area contributed by atoms with Crippen molar-refractivity contribution in [1.29, 1.82) is 0 Å². The molecule has 4 aromatic heterocycles. The molecule has 2 amide bonds. The number of fused-ring (bicyclic) bond motifs is 2.